The number of pyridine rings is 1. The maximum atomic E-state index is 13.0. The molecule has 26 heavy (non-hydrogen) atoms. The summed E-state index contributed by atoms with van der Waals surface area (Å²) in [7, 11) is 0. The summed E-state index contributed by atoms with van der Waals surface area (Å²) in [5.41, 5.74) is 1.46. The van der Waals surface area contributed by atoms with E-state index in [-0.39, 0.29) is 29.5 Å². The van der Waals surface area contributed by atoms with Gasteiger partial charge in [-0.25, -0.2) is 4.39 Å². The van der Waals surface area contributed by atoms with Gasteiger partial charge in [0.1, 0.15) is 11.5 Å². The summed E-state index contributed by atoms with van der Waals surface area (Å²) in [5.74, 6) is -0.0293. The molecule has 1 aromatic carbocycles. The molecule has 0 spiro atoms. The summed E-state index contributed by atoms with van der Waals surface area (Å²) in [4.78, 5) is 32.8. The van der Waals surface area contributed by atoms with Crippen molar-refractivity contribution in [3.8, 4) is 0 Å². The van der Waals surface area contributed by atoms with Crippen molar-refractivity contribution in [1.29, 1.82) is 0 Å². The normalized spacial score (nSPS) is 22.2. The molecule has 1 aliphatic heterocycles. The van der Waals surface area contributed by atoms with Gasteiger partial charge in [-0.05, 0) is 42.2 Å². The molecule has 0 radical (unpaired) electrons. The first-order valence-corrected chi connectivity index (χ1v) is 8.88. The van der Waals surface area contributed by atoms with Crippen molar-refractivity contribution in [2.75, 3.05) is 26.2 Å². The summed E-state index contributed by atoms with van der Waals surface area (Å²) in [6, 6.07) is 11.7. The number of carbonyl (C=O) groups excluding carboxylic acids is 2. The van der Waals surface area contributed by atoms with Crippen molar-refractivity contribution < 1.29 is 14.0 Å². The van der Waals surface area contributed by atoms with Crippen LogP contribution in [0.4, 0.5) is 4.39 Å². The van der Waals surface area contributed by atoms with Crippen LogP contribution in [0.5, 0.6) is 0 Å². The molecule has 2 aliphatic rings. The minimum atomic E-state index is -0.258. The zero-order chi connectivity index (χ0) is 18.1. The molecule has 2 unspecified atom stereocenters. The van der Waals surface area contributed by atoms with Crippen molar-refractivity contribution in [3.05, 3.63) is 65.7 Å². The topological polar surface area (TPSA) is 53.5 Å². The second-order valence-electron chi connectivity index (χ2n) is 6.83. The highest BCUT2D eigenvalue weighted by Gasteiger charge is 2.46. The second-order valence-corrected chi connectivity index (χ2v) is 6.83. The zero-order valence-corrected chi connectivity index (χ0v) is 14.3. The average Bonchev–Trinajstić information content (AvgIpc) is 3.49. The molecule has 2 fully saturated rings. The molecule has 0 N–H and O–H groups in total. The number of aromatic nitrogens is 1. The molecule has 1 aromatic heterocycles. The van der Waals surface area contributed by atoms with Gasteiger partial charge in [0, 0.05) is 38.3 Å². The fourth-order valence-corrected chi connectivity index (χ4v) is 3.56. The second kappa shape index (κ2) is 6.86. The third-order valence-electron chi connectivity index (χ3n) is 5.17. The average molecular weight is 353 g/mol. The van der Waals surface area contributed by atoms with Gasteiger partial charge in [0.2, 0.25) is 5.91 Å². The Bertz CT molecular complexity index is 802. The lowest BCUT2D eigenvalue weighted by Gasteiger charge is -2.34. The lowest BCUT2D eigenvalue weighted by atomic mass is 10.1. The van der Waals surface area contributed by atoms with Crippen LogP contribution < -0.4 is 0 Å². The first kappa shape index (κ1) is 16.7. The highest BCUT2D eigenvalue weighted by atomic mass is 19.1. The number of carbonyl (C=O) groups is 2. The van der Waals surface area contributed by atoms with Gasteiger partial charge in [-0.3, -0.25) is 14.6 Å². The summed E-state index contributed by atoms with van der Waals surface area (Å²) in [5, 5.41) is 0. The number of benzene rings is 1. The maximum absolute atomic E-state index is 13.0. The van der Waals surface area contributed by atoms with Crippen molar-refractivity contribution in [2.24, 2.45) is 5.92 Å². The smallest absolute Gasteiger partial charge is 0.272 e. The number of halogens is 1. The van der Waals surface area contributed by atoms with E-state index in [4.69, 9.17) is 0 Å². The number of nitrogens with zero attached hydrogens (tertiary/aromatic N) is 3. The Morgan fingerprint density at radius 2 is 1.65 bits per heavy atom. The van der Waals surface area contributed by atoms with Gasteiger partial charge in [-0.15, -0.1) is 0 Å². The Balaban J connectivity index is 1.32. The lowest BCUT2D eigenvalue weighted by Crippen LogP contribution is -2.51. The molecule has 1 saturated heterocycles. The standard InChI is InChI=1S/C20H20FN3O2/c21-15-6-4-14(5-7-15)16-13-17(16)19(25)23-9-11-24(12-10-23)20(26)18-3-1-2-8-22-18/h1-8,16-17H,9-13H2. The van der Waals surface area contributed by atoms with Crippen LogP contribution in [0.15, 0.2) is 48.7 Å². The fourth-order valence-electron chi connectivity index (χ4n) is 3.56. The molecule has 1 aliphatic carbocycles. The van der Waals surface area contributed by atoms with Crippen LogP contribution in [0.2, 0.25) is 0 Å². The monoisotopic (exact) mass is 353 g/mol. The van der Waals surface area contributed by atoms with E-state index < -0.39 is 0 Å². The van der Waals surface area contributed by atoms with E-state index in [9.17, 15) is 14.0 Å². The molecular formula is C20H20FN3O2. The number of hydrogen-bond donors (Lipinski definition) is 0. The van der Waals surface area contributed by atoms with Gasteiger partial charge in [0.25, 0.3) is 5.91 Å². The van der Waals surface area contributed by atoms with Gasteiger partial charge >= 0.3 is 0 Å². The van der Waals surface area contributed by atoms with E-state index in [1.54, 1.807) is 41.4 Å². The Morgan fingerprint density at radius 1 is 0.962 bits per heavy atom. The molecule has 5 nitrogen and oxygen atoms in total. The predicted molar refractivity (Wildman–Crippen MR) is 94.0 cm³/mol. The number of hydrogen-bond acceptors (Lipinski definition) is 3. The summed E-state index contributed by atoms with van der Waals surface area (Å²) < 4.78 is 13.0. The van der Waals surface area contributed by atoms with Crippen LogP contribution in [0.3, 0.4) is 0 Å². The fraction of sp³-hybridized carbons (Fsp3) is 0.350. The molecule has 2 amide bonds. The molecule has 2 atom stereocenters. The van der Waals surface area contributed by atoms with Gasteiger partial charge in [-0.2, -0.15) is 0 Å². The first-order valence-electron chi connectivity index (χ1n) is 8.88. The third kappa shape index (κ3) is 3.31. The summed E-state index contributed by atoms with van der Waals surface area (Å²) in [6.45, 7) is 2.14. The minimum absolute atomic E-state index is 0.0153. The number of piperazine rings is 1. The van der Waals surface area contributed by atoms with Gasteiger partial charge in [0.15, 0.2) is 0 Å². The Morgan fingerprint density at radius 3 is 2.31 bits per heavy atom. The van der Waals surface area contributed by atoms with E-state index in [2.05, 4.69) is 4.98 Å². The van der Waals surface area contributed by atoms with Crippen molar-refractivity contribution >= 4 is 11.8 Å². The highest BCUT2D eigenvalue weighted by Crippen LogP contribution is 2.48. The number of amides is 2. The minimum Gasteiger partial charge on any atom is -0.339 e. The number of rotatable bonds is 3. The van der Waals surface area contributed by atoms with E-state index in [1.165, 1.54) is 12.1 Å². The van der Waals surface area contributed by atoms with Crippen molar-refractivity contribution in [3.63, 3.8) is 0 Å². The van der Waals surface area contributed by atoms with Crippen LogP contribution in [0, 0.1) is 11.7 Å². The molecule has 134 valence electrons. The molecule has 0 bridgehead atoms. The molecule has 2 heterocycles. The first-order chi connectivity index (χ1) is 12.6. The van der Waals surface area contributed by atoms with E-state index >= 15 is 0 Å². The quantitative estimate of drug-likeness (QED) is 0.851. The van der Waals surface area contributed by atoms with Gasteiger partial charge in [0.05, 0.1) is 0 Å². The van der Waals surface area contributed by atoms with E-state index in [1.807, 2.05) is 4.90 Å². The van der Waals surface area contributed by atoms with Crippen LogP contribution in [0.25, 0.3) is 0 Å². The maximum Gasteiger partial charge on any atom is 0.272 e. The van der Waals surface area contributed by atoms with Crippen molar-refractivity contribution in [2.45, 2.75) is 12.3 Å². The van der Waals surface area contributed by atoms with E-state index in [0.717, 1.165) is 12.0 Å². The van der Waals surface area contributed by atoms with Crippen molar-refractivity contribution in [1.82, 2.24) is 14.8 Å². The Labute approximate surface area is 151 Å². The van der Waals surface area contributed by atoms with Crippen LogP contribution in [-0.2, 0) is 4.79 Å². The predicted octanol–water partition coefficient (Wildman–Crippen LogP) is 2.31. The molecule has 6 heteroatoms. The Hall–Kier alpha value is -2.76. The lowest BCUT2D eigenvalue weighted by molar-refractivity contribution is -0.134. The van der Waals surface area contributed by atoms with Gasteiger partial charge < -0.3 is 9.80 Å². The Kier molecular flexibility index (Phi) is 4.41. The van der Waals surface area contributed by atoms with E-state index in [0.29, 0.717) is 31.9 Å². The molecule has 4 rings (SSSR count). The van der Waals surface area contributed by atoms with Crippen LogP contribution in [0.1, 0.15) is 28.4 Å². The molecule has 2 aromatic rings. The summed E-state index contributed by atoms with van der Waals surface area (Å²) >= 11 is 0. The summed E-state index contributed by atoms with van der Waals surface area (Å²) in [6.07, 6.45) is 2.42. The molecular weight excluding hydrogens is 333 g/mol. The van der Waals surface area contributed by atoms with Crippen LogP contribution >= 0.6 is 0 Å². The molecule has 1 saturated carbocycles. The zero-order valence-electron chi connectivity index (χ0n) is 14.3. The highest BCUT2D eigenvalue weighted by molar-refractivity contribution is 5.92. The SMILES string of the molecule is O=C(c1ccccn1)N1CCN(C(=O)C2CC2c2ccc(F)cc2)CC1. The van der Waals surface area contributed by atoms with Crippen LogP contribution in [-0.4, -0.2) is 52.8 Å². The third-order valence-corrected chi connectivity index (χ3v) is 5.17. The largest absolute Gasteiger partial charge is 0.339 e. The van der Waals surface area contributed by atoms with Gasteiger partial charge in [-0.1, -0.05) is 18.2 Å².